The fourth-order valence-corrected chi connectivity index (χ4v) is 1.81. The van der Waals surface area contributed by atoms with Gasteiger partial charge < -0.3 is 10.1 Å². The van der Waals surface area contributed by atoms with E-state index in [2.05, 4.69) is 15.3 Å². The lowest BCUT2D eigenvalue weighted by molar-refractivity contribution is 0.0699. The molecule has 1 aliphatic rings. The number of rotatable bonds is 3. The molecule has 0 unspecified atom stereocenters. The summed E-state index contributed by atoms with van der Waals surface area (Å²) in [7, 11) is 0. The Morgan fingerprint density at radius 1 is 1.47 bits per heavy atom. The Hall–Kier alpha value is -0.870. The lowest BCUT2D eigenvalue weighted by Crippen LogP contribution is -2.23. The molecule has 2 heterocycles. The molecule has 0 radical (unpaired) electrons. The highest BCUT2D eigenvalue weighted by atomic mass is 35.5. The van der Waals surface area contributed by atoms with Crippen LogP contribution in [0.15, 0.2) is 12.5 Å². The van der Waals surface area contributed by atoms with E-state index in [0.29, 0.717) is 10.9 Å². The molecule has 0 amide bonds. The van der Waals surface area contributed by atoms with Gasteiger partial charge in [-0.05, 0) is 18.8 Å². The highest BCUT2D eigenvalue weighted by Gasteiger charge is 2.13. The zero-order valence-corrected chi connectivity index (χ0v) is 9.20. The summed E-state index contributed by atoms with van der Waals surface area (Å²) in [5, 5.41) is 3.82. The Kier molecular flexibility index (Phi) is 3.75. The van der Waals surface area contributed by atoms with Crippen LogP contribution in [-0.2, 0) is 4.74 Å². The molecule has 1 N–H and O–H groups in total. The molecule has 0 atom stereocenters. The quantitative estimate of drug-likeness (QED) is 0.858. The topological polar surface area (TPSA) is 47.0 Å². The van der Waals surface area contributed by atoms with Gasteiger partial charge in [0.2, 0.25) is 0 Å². The first-order valence-corrected chi connectivity index (χ1v) is 5.51. The average Bonchev–Trinajstić information content (AvgIpc) is 2.29. The molecule has 1 aromatic rings. The smallest absolute Gasteiger partial charge is 0.148 e. The van der Waals surface area contributed by atoms with Gasteiger partial charge in [-0.3, -0.25) is 0 Å². The molecule has 0 saturated carbocycles. The fraction of sp³-hybridized carbons (Fsp3) is 0.600. The number of hydrogen-bond acceptors (Lipinski definition) is 4. The SMILES string of the molecule is Clc1cncnc1NCC1CCOCC1. The predicted molar refractivity (Wildman–Crippen MR) is 59.1 cm³/mol. The summed E-state index contributed by atoms with van der Waals surface area (Å²) in [4.78, 5) is 7.91. The zero-order chi connectivity index (χ0) is 10.5. The van der Waals surface area contributed by atoms with Crippen LogP contribution in [0.1, 0.15) is 12.8 Å². The second-order valence-electron chi connectivity index (χ2n) is 3.66. The van der Waals surface area contributed by atoms with E-state index in [1.807, 2.05) is 0 Å². The zero-order valence-electron chi connectivity index (χ0n) is 8.45. The molecular formula is C10H14ClN3O. The molecule has 82 valence electrons. The standard InChI is InChI=1S/C10H14ClN3O/c11-9-6-12-7-14-10(9)13-5-8-1-3-15-4-2-8/h6-8H,1-5H2,(H,12,13,14). The van der Waals surface area contributed by atoms with Gasteiger partial charge in [0.25, 0.3) is 0 Å². The normalized spacial score (nSPS) is 17.7. The van der Waals surface area contributed by atoms with Crippen molar-refractivity contribution in [3.63, 3.8) is 0 Å². The van der Waals surface area contributed by atoms with Crippen LogP contribution in [-0.4, -0.2) is 29.7 Å². The molecule has 1 saturated heterocycles. The van der Waals surface area contributed by atoms with E-state index < -0.39 is 0 Å². The maximum atomic E-state index is 5.93. The van der Waals surface area contributed by atoms with Crippen LogP contribution in [0, 0.1) is 5.92 Å². The van der Waals surface area contributed by atoms with Crippen LogP contribution in [0.4, 0.5) is 5.82 Å². The van der Waals surface area contributed by atoms with Gasteiger partial charge in [-0.2, -0.15) is 0 Å². The summed E-state index contributed by atoms with van der Waals surface area (Å²) in [6.45, 7) is 2.63. The first-order valence-electron chi connectivity index (χ1n) is 5.13. The van der Waals surface area contributed by atoms with E-state index in [-0.39, 0.29) is 0 Å². The molecule has 2 rings (SSSR count). The van der Waals surface area contributed by atoms with Gasteiger partial charge >= 0.3 is 0 Å². The van der Waals surface area contributed by atoms with Gasteiger partial charge in [-0.25, -0.2) is 9.97 Å². The minimum atomic E-state index is 0.574. The third kappa shape index (κ3) is 3.04. The summed E-state index contributed by atoms with van der Waals surface area (Å²) in [5.41, 5.74) is 0. The maximum absolute atomic E-state index is 5.93. The van der Waals surface area contributed by atoms with Crippen molar-refractivity contribution in [3.05, 3.63) is 17.5 Å². The summed E-state index contributed by atoms with van der Waals surface area (Å²) < 4.78 is 5.30. The Morgan fingerprint density at radius 3 is 3.00 bits per heavy atom. The summed E-state index contributed by atoms with van der Waals surface area (Å²) in [6.07, 6.45) is 5.31. The van der Waals surface area contributed by atoms with Crippen molar-refractivity contribution in [2.75, 3.05) is 25.1 Å². The third-order valence-electron chi connectivity index (χ3n) is 2.57. The summed E-state index contributed by atoms with van der Waals surface area (Å²) in [5.74, 6) is 1.38. The van der Waals surface area contributed by atoms with Crippen LogP contribution in [0.5, 0.6) is 0 Å². The summed E-state index contributed by atoms with van der Waals surface area (Å²) >= 11 is 5.93. The van der Waals surface area contributed by atoms with Gasteiger partial charge in [0.05, 0.1) is 6.20 Å². The Balaban J connectivity index is 1.84. The highest BCUT2D eigenvalue weighted by molar-refractivity contribution is 6.32. The van der Waals surface area contributed by atoms with Crippen LogP contribution >= 0.6 is 11.6 Å². The van der Waals surface area contributed by atoms with Crippen LogP contribution < -0.4 is 5.32 Å². The predicted octanol–water partition coefficient (Wildman–Crippen LogP) is 1.97. The van der Waals surface area contributed by atoms with Crippen molar-refractivity contribution in [1.29, 1.82) is 0 Å². The van der Waals surface area contributed by atoms with E-state index in [1.165, 1.54) is 6.33 Å². The van der Waals surface area contributed by atoms with Crippen molar-refractivity contribution in [2.24, 2.45) is 5.92 Å². The molecule has 5 heteroatoms. The molecule has 1 aliphatic heterocycles. The largest absolute Gasteiger partial charge is 0.381 e. The van der Waals surface area contributed by atoms with Gasteiger partial charge in [0, 0.05) is 19.8 Å². The Labute approximate surface area is 94.0 Å². The molecule has 0 spiro atoms. The molecule has 4 nitrogen and oxygen atoms in total. The Bertz CT molecular complexity index is 315. The first kappa shape index (κ1) is 10.6. The van der Waals surface area contributed by atoms with Crippen molar-refractivity contribution < 1.29 is 4.74 Å². The number of nitrogens with one attached hydrogen (secondary N) is 1. The molecule has 15 heavy (non-hydrogen) atoms. The summed E-state index contributed by atoms with van der Waals surface area (Å²) in [6, 6.07) is 0. The van der Waals surface area contributed by atoms with Crippen molar-refractivity contribution in [1.82, 2.24) is 9.97 Å². The molecular weight excluding hydrogens is 214 g/mol. The molecule has 0 aromatic carbocycles. The number of hydrogen-bond donors (Lipinski definition) is 1. The minimum Gasteiger partial charge on any atom is -0.381 e. The average molecular weight is 228 g/mol. The number of ether oxygens (including phenoxy) is 1. The lowest BCUT2D eigenvalue weighted by Gasteiger charge is -2.22. The fourth-order valence-electron chi connectivity index (χ4n) is 1.63. The lowest BCUT2D eigenvalue weighted by atomic mass is 10.0. The minimum absolute atomic E-state index is 0.574. The maximum Gasteiger partial charge on any atom is 0.148 e. The van der Waals surface area contributed by atoms with E-state index in [9.17, 15) is 0 Å². The second-order valence-corrected chi connectivity index (χ2v) is 4.06. The monoisotopic (exact) mass is 227 g/mol. The van der Waals surface area contributed by atoms with Crippen LogP contribution in [0.2, 0.25) is 5.02 Å². The number of aromatic nitrogens is 2. The Morgan fingerprint density at radius 2 is 2.27 bits per heavy atom. The van der Waals surface area contributed by atoms with Gasteiger partial charge in [-0.15, -0.1) is 0 Å². The van der Waals surface area contributed by atoms with Crippen molar-refractivity contribution in [3.8, 4) is 0 Å². The molecule has 0 aliphatic carbocycles. The van der Waals surface area contributed by atoms with Crippen molar-refractivity contribution in [2.45, 2.75) is 12.8 Å². The van der Waals surface area contributed by atoms with Gasteiger partial charge in [0.15, 0.2) is 0 Å². The van der Waals surface area contributed by atoms with Gasteiger partial charge in [0.1, 0.15) is 17.2 Å². The van der Waals surface area contributed by atoms with E-state index in [4.69, 9.17) is 16.3 Å². The molecule has 1 aromatic heterocycles. The van der Waals surface area contributed by atoms with Crippen LogP contribution in [0.25, 0.3) is 0 Å². The molecule has 1 fully saturated rings. The van der Waals surface area contributed by atoms with E-state index in [1.54, 1.807) is 6.20 Å². The number of nitrogens with zero attached hydrogens (tertiary/aromatic N) is 2. The third-order valence-corrected chi connectivity index (χ3v) is 2.84. The van der Waals surface area contributed by atoms with Gasteiger partial charge in [-0.1, -0.05) is 11.6 Å². The number of halogens is 1. The highest BCUT2D eigenvalue weighted by Crippen LogP contribution is 2.19. The first-order chi connectivity index (χ1) is 7.36. The van der Waals surface area contributed by atoms with E-state index in [0.717, 1.165) is 38.4 Å². The van der Waals surface area contributed by atoms with Crippen molar-refractivity contribution >= 4 is 17.4 Å². The number of anilines is 1. The van der Waals surface area contributed by atoms with Crippen LogP contribution in [0.3, 0.4) is 0 Å². The van der Waals surface area contributed by atoms with E-state index >= 15 is 0 Å². The second kappa shape index (κ2) is 5.28. The molecule has 0 bridgehead atoms.